The van der Waals surface area contributed by atoms with Crippen LogP contribution in [0.5, 0.6) is 0 Å². The number of amides is 1. The van der Waals surface area contributed by atoms with Gasteiger partial charge >= 0.3 is 0 Å². The third-order valence-corrected chi connectivity index (χ3v) is 7.62. The number of nitrogens with zero attached hydrogens (tertiary/aromatic N) is 1. The first kappa shape index (κ1) is 21.7. The maximum absolute atomic E-state index is 12.9. The normalized spacial score (nSPS) is 13.7. The number of benzene rings is 2. The van der Waals surface area contributed by atoms with Gasteiger partial charge in [-0.1, -0.05) is 35.9 Å². The summed E-state index contributed by atoms with van der Waals surface area (Å²) in [7, 11) is -3.83. The molecule has 7 nitrogen and oxygen atoms in total. The molecule has 0 saturated heterocycles. The number of hydroxylamine groups is 1. The van der Waals surface area contributed by atoms with Crippen LogP contribution in [0.1, 0.15) is 18.9 Å². The highest BCUT2D eigenvalue weighted by Gasteiger charge is 2.43. The molecule has 0 saturated carbocycles. The zero-order chi connectivity index (χ0) is 22.1. The molecule has 0 aliphatic rings. The number of fused-ring (bicyclic) bond motifs is 1. The van der Waals surface area contributed by atoms with Crippen LogP contribution < -0.4 is 11.0 Å². The van der Waals surface area contributed by atoms with Crippen molar-refractivity contribution in [1.29, 1.82) is 0 Å². The van der Waals surface area contributed by atoms with Crippen LogP contribution in [-0.2, 0) is 21.2 Å². The van der Waals surface area contributed by atoms with E-state index in [1.165, 1.54) is 22.5 Å². The van der Waals surface area contributed by atoms with Crippen LogP contribution in [0.15, 0.2) is 59.5 Å². The number of hydrogen-bond acceptors (Lipinski definition) is 5. The number of nitrogens with one attached hydrogen (secondary N) is 1. The fourth-order valence-corrected chi connectivity index (χ4v) is 4.15. The Morgan fingerprint density at radius 3 is 2.33 bits per heavy atom. The van der Waals surface area contributed by atoms with Gasteiger partial charge < -0.3 is 4.57 Å². The molecule has 0 radical (unpaired) electrons. The first-order chi connectivity index (χ1) is 14.1. The molecule has 2 aromatic carbocycles. The number of carbonyl (C=O) groups excluding carboxylic acids is 1. The highest BCUT2D eigenvalue weighted by Crippen LogP contribution is 2.25. The van der Waals surface area contributed by atoms with Gasteiger partial charge in [-0.3, -0.25) is 14.8 Å². The topological polar surface area (TPSA) is 105 Å². The van der Waals surface area contributed by atoms with Crippen LogP contribution in [0.2, 0.25) is 0 Å². The lowest BCUT2D eigenvalue weighted by Crippen LogP contribution is -2.49. The summed E-state index contributed by atoms with van der Waals surface area (Å²) in [5.74, 6) is -1.03. The van der Waals surface area contributed by atoms with Gasteiger partial charge in [0.1, 0.15) is 0 Å². The molecule has 0 fully saturated rings. The predicted molar refractivity (Wildman–Crippen MR) is 116 cm³/mol. The molecule has 0 spiro atoms. The van der Waals surface area contributed by atoms with Crippen molar-refractivity contribution in [2.45, 2.75) is 31.6 Å². The van der Waals surface area contributed by atoms with E-state index in [1.807, 2.05) is 43.3 Å². The number of sulfone groups is 1. The fraction of sp³-hybridized carbons (Fsp3) is 0.273. The summed E-state index contributed by atoms with van der Waals surface area (Å²) in [6, 6.07) is 15.4. The monoisotopic (exact) mass is 428 g/mol. The minimum Gasteiger partial charge on any atom is -0.315 e. The van der Waals surface area contributed by atoms with Crippen LogP contribution in [-0.4, -0.2) is 35.1 Å². The summed E-state index contributed by atoms with van der Waals surface area (Å²) in [6.07, 6.45) is 2.35. The van der Waals surface area contributed by atoms with Gasteiger partial charge in [-0.15, -0.1) is 0 Å². The molecule has 1 heterocycles. The first-order valence-corrected chi connectivity index (χ1v) is 11.3. The minimum atomic E-state index is -3.83. The lowest BCUT2D eigenvalue weighted by atomic mass is 10.0. The van der Waals surface area contributed by atoms with E-state index < -0.39 is 20.5 Å². The van der Waals surface area contributed by atoms with Crippen LogP contribution in [0, 0.1) is 6.92 Å². The molecule has 1 unspecified atom stereocenters. The number of rotatable bonds is 6. The lowest BCUT2D eigenvalue weighted by molar-refractivity contribution is -0.131. The average molecular weight is 429 g/mol. The second kappa shape index (κ2) is 8.04. The maximum atomic E-state index is 12.9. The van der Waals surface area contributed by atoms with Crippen LogP contribution in [0.4, 0.5) is 0 Å². The molecule has 158 valence electrons. The average Bonchev–Trinajstić information content (AvgIpc) is 2.72. The molecular formula is C22H24N2O5S. The Labute approximate surface area is 174 Å². The van der Waals surface area contributed by atoms with Crippen molar-refractivity contribution in [2.24, 2.45) is 0 Å². The molecule has 8 heteroatoms. The summed E-state index contributed by atoms with van der Waals surface area (Å²) in [5, 5.41) is 10.2. The summed E-state index contributed by atoms with van der Waals surface area (Å²) in [5.41, 5.74) is 4.34. The summed E-state index contributed by atoms with van der Waals surface area (Å²) < 4.78 is 23.7. The van der Waals surface area contributed by atoms with E-state index in [0.717, 1.165) is 22.8 Å². The molecule has 1 aromatic heterocycles. The van der Waals surface area contributed by atoms with Crippen molar-refractivity contribution >= 4 is 26.5 Å². The van der Waals surface area contributed by atoms with Gasteiger partial charge in [0.05, 0.1) is 0 Å². The van der Waals surface area contributed by atoms with Gasteiger partial charge in [0.25, 0.3) is 11.5 Å². The lowest BCUT2D eigenvalue weighted by Gasteiger charge is -2.25. The van der Waals surface area contributed by atoms with E-state index in [2.05, 4.69) is 0 Å². The smallest absolute Gasteiger partial charge is 0.264 e. The Morgan fingerprint density at radius 1 is 1.10 bits per heavy atom. The second-order valence-corrected chi connectivity index (χ2v) is 10.1. The Kier molecular flexibility index (Phi) is 5.83. The Balaban J connectivity index is 1.94. The third-order valence-electron chi connectivity index (χ3n) is 5.59. The molecule has 3 aromatic rings. The number of carbonyl (C=O) groups is 1. The largest absolute Gasteiger partial charge is 0.315 e. The van der Waals surface area contributed by atoms with Crippen LogP contribution in [0.3, 0.4) is 0 Å². The second-order valence-electron chi connectivity index (χ2n) is 7.68. The highest BCUT2D eigenvalue weighted by atomic mass is 32.2. The van der Waals surface area contributed by atoms with Crippen molar-refractivity contribution in [3.63, 3.8) is 0 Å². The van der Waals surface area contributed by atoms with Crippen molar-refractivity contribution < 1.29 is 18.4 Å². The fourth-order valence-electron chi connectivity index (χ4n) is 3.31. The quantitative estimate of drug-likeness (QED) is 0.464. The molecular weight excluding hydrogens is 404 g/mol. The van der Waals surface area contributed by atoms with Crippen molar-refractivity contribution in [2.75, 3.05) is 6.26 Å². The zero-order valence-corrected chi connectivity index (χ0v) is 17.9. The van der Waals surface area contributed by atoms with Gasteiger partial charge in [-0.2, -0.15) is 0 Å². The first-order valence-electron chi connectivity index (χ1n) is 9.41. The number of aryl methyl sites for hydroxylation is 2. The molecule has 0 bridgehead atoms. The number of aromatic nitrogens is 1. The Morgan fingerprint density at radius 2 is 1.73 bits per heavy atom. The molecule has 0 aliphatic heterocycles. The van der Waals surface area contributed by atoms with E-state index in [9.17, 15) is 18.0 Å². The van der Waals surface area contributed by atoms with Crippen molar-refractivity contribution in [3.05, 3.63) is 70.6 Å². The summed E-state index contributed by atoms with van der Waals surface area (Å²) >= 11 is 0. The van der Waals surface area contributed by atoms with Crippen molar-refractivity contribution in [1.82, 2.24) is 10.0 Å². The minimum absolute atomic E-state index is 0.00543. The highest BCUT2D eigenvalue weighted by molar-refractivity contribution is 7.92. The van der Waals surface area contributed by atoms with E-state index in [1.54, 1.807) is 18.3 Å². The maximum Gasteiger partial charge on any atom is 0.264 e. The number of hydrogen-bond donors (Lipinski definition) is 2. The summed E-state index contributed by atoms with van der Waals surface area (Å²) in [6.45, 7) is 3.25. The molecule has 1 amide bonds. The molecule has 1 atom stereocenters. The van der Waals surface area contributed by atoms with Crippen LogP contribution in [0.25, 0.3) is 21.9 Å². The van der Waals surface area contributed by atoms with Gasteiger partial charge in [-0.25, -0.2) is 13.9 Å². The van der Waals surface area contributed by atoms with Crippen molar-refractivity contribution in [3.8, 4) is 11.1 Å². The van der Waals surface area contributed by atoms with Crippen LogP contribution >= 0.6 is 0 Å². The SMILES string of the molecule is Cc1ccc(-c2ccc3c(=O)n(CCC(C)(C(=O)NO)S(C)(=O)=O)ccc3c2)cc1. The standard InChI is InChI=1S/C22H24N2O5S/c1-15-4-6-16(7-5-15)17-8-9-19-18(14-17)10-12-24(20(19)25)13-11-22(2,21(26)23-27)30(3,28)29/h4-10,12,14,27H,11,13H2,1-3H3,(H,23,26). The molecule has 0 aliphatic carbocycles. The summed E-state index contributed by atoms with van der Waals surface area (Å²) in [4.78, 5) is 24.9. The molecule has 30 heavy (non-hydrogen) atoms. The van der Waals surface area contributed by atoms with Gasteiger partial charge in [0.15, 0.2) is 14.6 Å². The van der Waals surface area contributed by atoms with E-state index in [4.69, 9.17) is 5.21 Å². The van der Waals surface area contributed by atoms with Gasteiger partial charge in [0, 0.05) is 24.4 Å². The van der Waals surface area contributed by atoms with E-state index in [0.29, 0.717) is 5.39 Å². The third kappa shape index (κ3) is 4.01. The zero-order valence-electron chi connectivity index (χ0n) is 17.0. The Bertz CT molecular complexity index is 1260. The van der Waals surface area contributed by atoms with Gasteiger partial charge in [0.2, 0.25) is 0 Å². The van der Waals surface area contributed by atoms with E-state index >= 15 is 0 Å². The molecule has 3 rings (SSSR count). The Hall–Kier alpha value is -2.97. The molecule has 2 N–H and O–H groups in total. The number of pyridine rings is 1. The van der Waals surface area contributed by atoms with E-state index in [-0.39, 0.29) is 18.5 Å². The van der Waals surface area contributed by atoms with Gasteiger partial charge in [-0.05, 0) is 55.0 Å². The predicted octanol–water partition coefficient (Wildman–Crippen LogP) is 2.68.